The fourth-order valence-electron chi connectivity index (χ4n) is 6.71. The van der Waals surface area contributed by atoms with Gasteiger partial charge >= 0.3 is 5.97 Å². The number of hydrogen-bond acceptors (Lipinski definition) is 9. The summed E-state index contributed by atoms with van der Waals surface area (Å²) in [7, 11) is -3.92. The van der Waals surface area contributed by atoms with Gasteiger partial charge in [-0.1, -0.05) is 50.2 Å². The maximum Gasteiger partial charge on any atom is 0.337 e. The lowest BCUT2D eigenvalue weighted by Crippen LogP contribution is -2.51. The Morgan fingerprint density at radius 1 is 1.00 bits per heavy atom. The molecular weight excluding hydrogens is 689 g/mol. The number of imidazole rings is 1. The molecule has 52 heavy (non-hydrogen) atoms. The number of aromatic carboxylic acids is 1. The lowest BCUT2D eigenvalue weighted by molar-refractivity contribution is -0.125. The molecule has 15 heteroatoms. The molecule has 274 valence electrons. The van der Waals surface area contributed by atoms with Gasteiger partial charge in [0.15, 0.2) is 0 Å². The van der Waals surface area contributed by atoms with Crippen molar-refractivity contribution in [1.29, 1.82) is 0 Å². The number of morpholine rings is 1. The van der Waals surface area contributed by atoms with Crippen LogP contribution in [0, 0.1) is 0 Å². The third-order valence-corrected chi connectivity index (χ3v) is 11.5. The second-order valence-corrected chi connectivity index (χ2v) is 15.1. The highest BCUT2D eigenvalue weighted by Gasteiger charge is 2.37. The van der Waals surface area contributed by atoms with Crippen LogP contribution in [0.3, 0.4) is 0 Å². The van der Waals surface area contributed by atoms with Crippen molar-refractivity contribution in [3.8, 4) is 11.1 Å². The normalized spacial score (nSPS) is 17.6. The van der Waals surface area contributed by atoms with E-state index in [9.17, 15) is 32.7 Å². The van der Waals surface area contributed by atoms with Gasteiger partial charge in [0.25, 0.3) is 5.91 Å². The van der Waals surface area contributed by atoms with E-state index in [-0.39, 0.29) is 48.1 Å². The van der Waals surface area contributed by atoms with Crippen LogP contribution in [0.2, 0.25) is 0 Å². The Bertz CT molecular complexity index is 2080. The molecule has 2 aromatic heterocycles. The molecule has 2 aromatic carbocycles. The van der Waals surface area contributed by atoms with Gasteiger partial charge in [-0.25, -0.2) is 18.2 Å². The van der Waals surface area contributed by atoms with Gasteiger partial charge in [0, 0.05) is 69.3 Å². The molecule has 0 bridgehead atoms. The molecule has 2 N–H and O–H groups in total. The third kappa shape index (κ3) is 7.77. The molecule has 4 heterocycles. The Morgan fingerprint density at radius 2 is 1.75 bits per heavy atom. The molecular formula is C37H42N6O8S. The van der Waals surface area contributed by atoms with Crippen LogP contribution in [0.25, 0.3) is 16.8 Å². The van der Waals surface area contributed by atoms with Crippen molar-refractivity contribution < 1.29 is 37.4 Å². The summed E-state index contributed by atoms with van der Waals surface area (Å²) in [4.78, 5) is 60.4. The summed E-state index contributed by atoms with van der Waals surface area (Å²) in [5.41, 5.74) is 2.56. The average molecular weight is 731 g/mol. The summed E-state index contributed by atoms with van der Waals surface area (Å²) in [6, 6.07) is 13.7. The highest BCUT2D eigenvalue weighted by molar-refractivity contribution is 7.89. The largest absolute Gasteiger partial charge is 0.478 e. The zero-order chi connectivity index (χ0) is 37.0. The summed E-state index contributed by atoms with van der Waals surface area (Å²) in [5.74, 6) is -2.19. The number of carboxylic acids is 1. The molecule has 0 radical (unpaired) electrons. The Balaban J connectivity index is 1.34. The number of carboxylic acid groups (broad SMARTS) is 1. The van der Waals surface area contributed by atoms with Crippen LogP contribution in [-0.2, 0) is 19.6 Å². The quantitative estimate of drug-likeness (QED) is 0.219. The predicted octanol–water partition coefficient (Wildman–Crippen LogP) is 2.99. The Labute approximate surface area is 302 Å². The molecule has 2 aliphatic heterocycles. The van der Waals surface area contributed by atoms with Crippen molar-refractivity contribution in [2.45, 2.75) is 37.1 Å². The standard InChI is InChI=1S/C37H42N6O8S/c1-25(2)30-20-26(8-9-27(30)24-44)31-21-28(37(47)48)22-41-23-32(39-34(31)41)36(46)43-15-14-42(52(49,50)29-6-4-3-5-7-29)12-10-33(43)35(45)38-11-13-40-16-18-51-19-17-40/h3-9,20-25,33H,10-19H2,1-2H3,(H,38,45)(H,47,48)/t33-/m0/s1. The first-order chi connectivity index (χ1) is 25.0. The van der Waals surface area contributed by atoms with E-state index in [4.69, 9.17) is 4.74 Å². The van der Waals surface area contributed by atoms with Gasteiger partial charge in [-0.2, -0.15) is 4.31 Å². The molecule has 14 nitrogen and oxygen atoms in total. The fourth-order valence-corrected chi connectivity index (χ4v) is 8.18. The minimum Gasteiger partial charge on any atom is -0.478 e. The number of fused-ring (bicyclic) bond motifs is 1. The number of pyridine rings is 1. The van der Waals surface area contributed by atoms with Crippen molar-refractivity contribution in [1.82, 2.24) is 28.8 Å². The lowest BCUT2D eigenvalue weighted by Gasteiger charge is -2.29. The second kappa shape index (κ2) is 15.7. The van der Waals surface area contributed by atoms with Gasteiger partial charge in [-0.05, 0) is 41.7 Å². The Morgan fingerprint density at radius 3 is 2.44 bits per heavy atom. The van der Waals surface area contributed by atoms with Gasteiger partial charge in [0.1, 0.15) is 23.7 Å². The number of carbonyl (C=O) groups is 4. The smallest absolute Gasteiger partial charge is 0.337 e. The molecule has 0 unspecified atom stereocenters. The SMILES string of the molecule is CC(C)c1cc(-c2cc(C(=O)O)cn3cc(C(=O)N4CCN(S(=O)(=O)c5ccccc5)CC[C@H]4C(=O)NCCN4CCOCC4)nc23)ccc1C=O. The zero-order valence-corrected chi connectivity index (χ0v) is 29.9. The van der Waals surface area contributed by atoms with Crippen molar-refractivity contribution >= 4 is 39.7 Å². The number of sulfonamides is 1. The maximum absolute atomic E-state index is 14.4. The molecule has 0 saturated carbocycles. The summed E-state index contributed by atoms with van der Waals surface area (Å²) in [5, 5.41) is 12.9. The van der Waals surface area contributed by atoms with Gasteiger partial charge in [0.05, 0.1) is 23.7 Å². The Kier molecular flexibility index (Phi) is 11.1. The van der Waals surface area contributed by atoms with Crippen LogP contribution < -0.4 is 5.32 Å². The van der Waals surface area contributed by atoms with Crippen LogP contribution >= 0.6 is 0 Å². The van der Waals surface area contributed by atoms with E-state index in [1.807, 2.05) is 19.9 Å². The topological polar surface area (TPSA) is 171 Å². The summed E-state index contributed by atoms with van der Waals surface area (Å²) >= 11 is 0. The number of ether oxygens (including phenoxy) is 1. The minimum atomic E-state index is -3.92. The number of amides is 2. The van der Waals surface area contributed by atoms with Gasteiger partial charge < -0.3 is 24.5 Å². The van der Waals surface area contributed by atoms with E-state index >= 15 is 0 Å². The van der Waals surface area contributed by atoms with E-state index in [1.165, 1.54) is 44.2 Å². The van der Waals surface area contributed by atoms with E-state index in [0.29, 0.717) is 48.6 Å². The molecule has 4 aromatic rings. The lowest BCUT2D eigenvalue weighted by atomic mass is 9.93. The first-order valence-corrected chi connectivity index (χ1v) is 18.7. The monoisotopic (exact) mass is 730 g/mol. The van der Waals surface area contributed by atoms with Gasteiger partial charge in [-0.15, -0.1) is 0 Å². The van der Waals surface area contributed by atoms with E-state index < -0.39 is 33.8 Å². The number of nitrogens with one attached hydrogen (secondary N) is 1. The highest BCUT2D eigenvalue weighted by atomic mass is 32.2. The van der Waals surface area contributed by atoms with E-state index in [1.54, 1.807) is 30.3 Å². The fraction of sp³-hybridized carbons (Fsp3) is 0.378. The average Bonchev–Trinajstić information content (AvgIpc) is 3.46. The van der Waals surface area contributed by atoms with Crippen LogP contribution in [0.15, 0.2) is 71.9 Å². The molecule has 2 saturated heterocycles. The number of rotatable bonds is 11. The van der Waals surface area contributed by atoms with Gasteiger partial charge in [0.2, 0.25) is 15.9 Å². The van der Waals surface area contributed by atoms with Crippen LogP contribution in [0.4, 0.5) is 0 Å². The summed E-state index contributed by atoms with van der Waals surface area (Å²) < 4.78 is 35.4. The number of nitrogens with zero attached hydrogens (tertiary/aromatic N) is 5. The molecule has 0 aliphatic carbocycles. The van der Waals surface area contributed by atoms with Crippen molar-refractivity contribution in [2.75, 3.05) is 59.0 Å². The molecule has 0 spiro atoms. The molecule has 6 rings (SSSR count). The number of benzene rings is 2. The zero-order valence-electron chi connectivity index (χ0n) is 29.1. The van der Waals surface area contributed by atoms with Crippen LogP contribution in [-0.4, -0.2) is 126 Å². The molecule has 1 atom stereocenters. The maximum atomic E-state index is 14.4. The van der Waals surface area contributed by atoms with E-state index in [2.05, 4.69) is 15.2 Å². The van der Waals surface area contributed by atoms with E-state index in [0.717, 1.165) is 24.9 Å². The minimum absolute atomic E-state index is 0.000895. The number of hydrogen-bond donors (Lipinski definition) is 2. The van der Waals surface area contributed by atoms with Crippen LogP contribution in [0.1, 0.15) is 63.0 Å². The second-order valence-electron chi connectivity index (χ2n) is 13.2. The van der Waals surface area contributed by atoms with Crippen molar-refractivity contribution in [2.24, 2.45) is 0 Å². The molecule has 2 amide bonds. The van der Waals surface area contributed by atoms with Crippen molar-refractivity contribution in [3.63, 3.8) is 0 Å². The molecule has 2 aliphatic rings. The number of carbonyl (C=O) groups excluding carboxylic acids is 3. The number of aromatic nitrogens is 2. The highest BCUT2D eigenvalue weighted by Crippen LogP contribution is 2.31. The number of aldehydes is 1. The third-order valence-electron chi connectivity index (χ3n) is 9.56. The van der Waals surface area contributed by atoms with Crippen LogP contribution in [0.5, 0.6) is 0 Å². The first kappa shape index (κ1) is 36.8. The summed E-state index contributed by atoms with van der Waals surface area (Å²) in [6.07, 6.45) is 3.61. The van der Waals surface area contributed by atoms with Crippen molar-refractivity contribution in [3.05, 3.63) is 89.4 Å². The summed E-state index contributed by atoms with van der Waals surface area (Å²) in [6.45, 7) is 7.42. The Hall–Kier alpha value is -4.96. The first-order valence-electron chi connectivity index (χ1n) is 17.3. The molecule has 2 fully saturated rings. The van der Waals surface area contributed by atoms with Gasteiger partial charge in [-0.3, -0.25) is 19.3 Å². The predicted molar refractivity (Wildman–Crippen MR) is 192 cm³/mol.